The summed E-state index contributed by atoms with van der Waals surface area (Å²) in [5.41, 5.74) is 5.89. The molecule has 1 amide bonds. The molecule has 1 saturated carbocycles. The molecule has 1 rings (SSSR count). The van der Waals surface area contributed by atoms with E-state index in [9.17, 15) is 4.79 Å². The van der Waals surface area contributed by atoms with E-state index in [4.69, 9.17) is 10.5 Å². The van der Waals surface area contributed by atoms with Crippen molar-refractivity contribution in [3.8, 4) is 0 Å². The van der Waals surface area contributed by atoms with Gasteiger partial charge in [0.05, 0.1) is 6.61 Å². The quantitative estimate of drug-likeness (QED) is 0.635. The molecule has 0 aromatic carbocycles. The Morgan fingerprint density at radius 1 is 1.37 bits per heavy atom. The molecule has 0 bridgehead atoms. The van der Waals surface area contributed by atoms with Gasteiger partial charge in [0.2, 0.25) is 5.91 Å². The van der Waals surface area contributed by atoms with Crippen LogP contribution in [0.25, 0.3) is 0 Å². The molecule has 0 saturated heterocycles. The summed E-state index contributed by atoms with van der Waals surface area (Å²) < 4.78 is 5.16. The number of hydrogen-bond acceptors (Lipinski definition) is 4. The maximum Gasteiger partial charge on any atom is 0.224 e. The van der Waals surface area contributed by atoms with Crippen LogP contribution in [0.15, 0.2) is 0 Å². The second kappa shape index (κ2) is 8.51. The number of carbonyl (C=O) groups is 1. The van der Waals surface area contributed by atoms with Gasteiger partial charge in [0, 0.05) is 51.8 Å². The monoisotopic (exact) mass is 271 g/mol. The third-order valence-electron chi connectivity index (χ3n) is 3.84. The first-order chi connectivity index (χ1) is 9.17. The van der Waals surface area contributed by atoms with Gasteiger partial charge in [0.1, 0.15) is 0 Å². The maximum atomic E-state index is 12.2. The highest BCUT2D eigenvalue weighted by molar-refractivity contribution is 5.76. The number of hydrogen-bond donors (Lipinski definition) is 1. The van der Waals surface area contributed by atoms with E-state index in [-0.39, 0.29) is 11.9 Å². The highest BCUT2D eigenvalue weighted by Gasteiger charge is 2.34. The Morgan fingerprint density at radius 2 is 2.00 bits per heavy atom. The molecule has 112 valence electrons. The zero-order valence-electron chi connectivity index (χ0n) is 12.6. The summed E-state index contributed by atoms with van der Waals surface area (Å²) in [4.78, 5) is 16.5. The fourth-order valence-electron chi connectivity index (χ4n) is 2.51. The van der Waals surface area contributed by atoms with Crippen molar-refractivity contribution < 1.29 is 9.53 Å². The van der Waals surface area contributed by atoms with Crippen molar-refractivity contribution in [3.63, 3.8) is 0 Å². The van der Waals surface area contributed by atoms with E-state index in [1.165, 1.54) is 12.8 Å². The summed E-state index contributed by atoms with van der Waals surface area (Å²) in [6.07, 6.45) is 2.97. The van der Waals surface area contributed by atoms with E-state index in [1.807, 2.05) is 18.7 Å². The van der Waals surface area contributed by atoms with Crippen LogP contribution < -0.4 is 5.73 Å². The third-order valence-corrected chi connectivity index (χ3v) is 3.84. The minimum absolute atomic E-state index is 0.149. The number of nitrogens with zero attached hydrogens (tertiary/aromatic N) is 2. The van der Waals surface area contributed by atoms with E-state index < -0.39 is 0 Å². The molecule has 1 atom stereocenters. The van der Waals surface area contributed by atoms with Crippen LogP contribution in [0.1, 0.15) is 33.1 Å². The standard InChI is InChI=1S/C14H29N3O2/c1-4-16(5-2)14(18)10-13(11-15)17(8-9-19-3)12-6-7-12/h12-13H,4-11,15H2,1-3H3. The van der Waals surface area contributed by atoms with Crippen LogP contribution in [0.4, 0.5) is 0 Å². The minimum atomic E-state index is 0.149. The van der Waals surface area contributed by atoms with Crippen LogP contribution in [-0.4, -0.2) is 67.7 Å². The van der Waals surface area contributed by atoms with Crippen LogP contribution in [0.3, 0.4) is 0 Å². The predicted molar refractivity (Wildman–Crippen MR) is 77.0 cm³/mol. The molecular formula is C14H29N3O2. The van der Waals surface area contributed by atoms with Gasteiger partial charge in [-0.2, -0.15) is 0 Å². The SMILES string of the molecule is CCN(CC)C(=O)CC(CN)N(CCOC)C1CC1. The molecule has 0 aromatic rings. The molecule has 0 aliphatic heterocycles. The molecule has 5 heteroatoms. The average Bonchev–Trinajstić information content (AvgIpc) is 3.23. The summed E-state index contributed by atoms with van der Waals surface area (Å²) in [5.74, 6) is 0.212. The highest BCUT2D eigenvalue weighted by atomic mass is 16.5. The lowest BCUT2D eigenvalue weighted by molar-refractivity contribution is -0.132. The van der Waals surface area contributed by atoms with Crippen LogP contribution in [0.2, 0.25) is 0 Å². The van der Waals surface area contributed by atoms with Gasteiger partial charge in [-0.1, -0.05) is 0 Å². The summed E-state index contributed by atoms with van der Waals surface area (Å²) in [5, 5.41) is 0. The first kappa shape index (κ1) is 16.4. The lowest BCUT2D eigenvalue weighted by Crippen LogP contribution is -2.47. The van der Waals surface area contributed by atoms with Crippen molar-refractivity contribution in [3.05, 3.63) is 0 Å². The van der Waals surface area contributed by atoms with Gasteiger partial charge in [-0.05, 0) is 26.7 Å². The zero-order chi connectivity index (χ0) is 14.3. The molecule has 1 aliphatic rings. The molecular weight excluding hydrogens is 242 g/mol. The topological polar surface area (TPSA) is 58.8 Å². The number of ether oxygens (including phenoxy) is 1. The molecule has 1 aliphatic carbocycles. The van der Waals surface area contributed by atoms with E-state index in [0.29, 0.717) is 25.6 Å². The third kappa shape index (κ3) is 5.09. The number of nitrogens with two attached hydrogens (primary N) is 1. The van der Waals surface area contributed by atoms with Gasteiger partial charge in [-0.25, -0.2) is 0 Å². The smallest absolute Gasteiger partial charge is 0.224 e. The van der Waals surface area contributed by atoms with Crippen molar-refractivity contribution in [1.82, 2.24) is 9.80 Å². The number of carbonyl (C=O) groups excluding carboxylic acids is 1. The average molecular weight is 271 g/mol. The van der Waals surface area contributed by atoms with Crippen molar-refractivity contribution in [2.24, 2.45) is 5.73 Å². The summed E-state index contributed by atoms with van der Waals surface area (Å²) in [6, 6.07) is 0.754. The summed E-state index contributed by atoms with van der Waals surface area (Å²) in [7, 11) is 1.71. The lowest BCUT2D eigenvalue weighted by atomic mass is 10.1. The van der Waals surface area contributed by atoms with Crippen LogP contribution in [-0.2, 0) is 9.53 Å². The number of methoxy groups -OCH3 is 1. The Labute approximate surface area is 117 Å². The Balaban J connectivity index is 2.55. The highest BCUT2D eigenvalue weighted by Crippen LogP contribution is 2.29. The zero-order valence-corrected chi connectivity index (χ0v) is 12.6. The van der Waals surface area contributed by atoms with E-state index >= 15 is 0 Å². The molecule has 0 spiro atoms. The second-order valence-electron chi connectivity index (χ2n) is 5.12. The molecule has 1 fully saturated rings. The molecule has 2 N–H and O–H groups in total. The molecule has 19 heavy (non-hydrogen) atoms. The minimum Gasteiger partial charge on any atom is -0.383 e. The molecule has 0 heterocycles. The Morgan fingerprint density at radius 3 is 2.42 bits per heavy atom. The van der Waals surface area contributed by atoms with Crippen molar-refractivity contribution in [1.29, 1.82) is 0 Å². The maximum absolute atomic E-state index is 12.2. The van der Waals surface area contributed by atoms with Gasteiger partial charge in [0.25, 0.3) is 0 Å². The van der Waals surface area contributed by atoms with Crippen LogP contribution >= 0.6 is 0 Å². The van der Waals surface area contributed by atoms with Gasteiger partial charge >= 0.3 is 0 Å². The van der Waals surface area contributed by atoms with Crippen LogP contribution in [0.5, 0.6) is 0 Å². The van der Waals surface area contributed by atoms with Gasteiger partial charge in [0.15, 0.2) is 0 Å². The number of amides is 1. The van der Waals surface area contributed by atoms with E-state index in [0.717, 1.165) is 19.6 Å². The summed E-state index contributed by atoms with van der Waals surface area (Å²) >= 11 is 0. The van der Waals surface area contributed by atoms with Crippen molar-refractivity contribution in [2.45, 2.75) is 45.2 Å². The fourth-order valence-corrected chi connectivity index (χ4v) is 2.51. The van der Waals surface area contributed by atoms with Crippen molar-refractivity contribution in [2.75, 3.05) is 39.9 Å². The van der Waals surface area contributed by atoms with Crippen molar-refractivity contribution >= 4 is 5.91 Å². The predicted octanol–water partition coefficient (Wildman–Crippen LogP) is 0.683. The first-order valence-electron chi connectivity index (χ1n) is 7.40. The normalized spacial score (nSPS) is 16.7. The fraction of sp³-hybridized carbons (Fsp3) is 0.929. The first-order valence-corrected chi connectivity index (χ1v) is 7.40. The van der Waals surface area contributed by atoms with Gasteiger partial charge in [-0.15, -0.1) is 0 Å². The molecule has 5 nitrogen and oxygen atoms in total. The Bertz CT molecular complexity index is 265. The Kier molecular flexibility index (Phi) is 7.34. The van der Waals surface area contributed by atoms with E-state index in [2.05, 4.69) is 4.90 Å². The van der Waals surface area contributed by atoms with E-state index in [1.54, 1.807) is 7.11 Å². The number of rotatable bonds is 10. The summed E-state index contributed by atoms with van der Waals surface area (Å²) in [6.45, 7) is 7.68. The largest absolute Gasteiger partial charge is 0.383 e. The lowest BCUT2D eigenvalue weighted by Gasteiger charge is -2.32. The molecule has 0 radical (unpaired) electrons. The molecule has 0 aromatic heterocycles. The second-order valence-corrected chi connectivity index (χ2v) is 5.12. The van der Waals surface area contributed by atoms with Gasteiger partial charge in [-0.3, -0.25) is 9.69 Å². The Hall–Kier alpha value is -0.650. The molecule has 1 unspecified atom stereocenters. The van der Waals surface area contributed by atoms with Gasteiger partial charge < -0.3 is 15.4 Å². The van der Waals surface area contributed by atoms with Crippen LogP contribution in [0, 0.1) is 0 Å².